The van der Waals surface area contributed by atoms with Crippen molar-refractivity contribution in [3.63, 3.8) is 0 Å². The number of nitrogens with zero attached hydrogens (tertiary/aromatic N) is 1. The molecule has 1 amide bonds. The van der Waals surface area contributed by atoms with E-state index in [2.05, 4.69) is 10.3 Å². The summed E-state index contributed by atoms with van der Waals surface area (Å²) in [5.41, 5.74) is 0.888. The SMILES string of the molecule is O=C(Cc1cccnc1)NCC1(CO)CC1. The van der Waals surface area contributed by atoms with Gasteiger partial charge in [-0.2, -0.15) is 0 Å². The predicted octanol–water partition coefficient (Wildman–Crippen LogP) is 0.513. The molecule has 1 heterocycles. The summed E-state index contributed by atoms with van der Waals surface area (Å²) in [6.07, 6.45) is 5.76. The molecule has 2 N–H and O–H groups in total. The molecule has 0 radical (unpaired) electrons. The molecule has 1 fully saturated rings. The fraction of sp³-hybridized carbons (Fsp3) is 0.500. The van der Waals surface area contributed by atoms with Crippen molar-refractivity contribution in [2.45, 2.75) is 19.3 Å². The molecule has 0 atom stereocenters. The number of nitrogens with one attached hydrogen (secondary N) is 1. The quantitative estimate of drug-likeness (QED) is 0.760. The van der Waals surface area contributed by atoms with Crippen LogP contribution >= 0.6 is 0 Å². The molecule has 1 aromatic heterocycles. The molecule has 1 saturated carbocycles. The van der Waals surface area contributed by atoms with Crippen molar-refractivity contribution in [2.24, 2.45) is 5.41 Å². The van der Waals surface area contributed by atoms with Crippen LogP contribution in [0, 0.1) is 5.41 Å². The van der Waals surface area contributed by atoms with Gasteiger partial charge < -0.3 is 10.4 Å². The van der Waals surface area contributed by atoms with Crippen molar-refractivity contribution < 1.29 is 9.90 Å². The zero-order valence-corrected chi connectivity index (χ0v) is 9.15. The van der Waals surface area contributed by atoms with Crippen LogP contribution in [0.2, 0.25) is 0 Å². The average molecular weight is 220 g/mol. The predicted molar refractivity (Wildman–Crippen MR) is 59.7 cm³/mol. The van der Waals surface area contributed by atoms with E-state index < -0.39 is 0 Å². The average Bonchev–Trinajstić information content (AvgIpc) is 3.09. The lowest BCUT2D eigenvalue weighted by Crippen LogP contribution is -2.32. The zero-order valence-electron chi connectivity index (χ0n) is 9.15. The van der Waals surface area contributed by atoms with Gasteiger partial charge in [0.2, 0.25) is 5.91 Å². The van der Waals surface area contributed by atoms with Gasteiger partial charge in [-0.15, -0.1) is 0 Å². The third-order valence-corrected chi connectivity index (χ3v) is 3.04. The second-order valence-electron chi connectivity index (χ2n) is 4.47. The number of rotatable bonds is 5. The Labute approximate surface area is 94.7 Å². The molecule has 4 heteroatoms. The first-order chi connectivity index (χ1) is 7.74. The number of hydrogen-bond acceptors (Lipinski definition) is 3. The Kier molecular flexibility index (Phi) is 3.19. The Morgan fingerprint density at radius 1 is 1.56 bits per heavy atom. The second kappa shape index (κ2) is 4.61. The highest BCUT2D eigenvalue weighted by Crippen LogP contribution is 2.44. The van der Waals surface area contributed by atoms with Crippen molar-refractivity contribution in [3.05, 3.63) is 30.1 Å². The normalized spacial score (nSPS) is 16.8. The van der Waals surface area contributed by atoms with Crippen LogP contribution in [0.3, 0.4) is 0 Å². The van der Waals surface area contributed by atoms with Crippen molar-refractivity contribution in [1.82, 2.24) is 10.3 Å². The standard InChI is InChI=1S/C12H16N2O2/c15-9-12(3-4-12)8-14-11(16)6-10-2-1-5-13-7-10/h1-2,5,7,15H,3-4,6,8-9H2,(H,14,16). The van der Waals surface area contributed by atoms with Gasteiger partial charge in [0, 0.05) is 24.4 Å². The molecule has 2 rings (SSSR count). The van der Waals surface area contributed by atoms with Crippen LogP contribution in [0.4, 0.5) is 0 Å². The van der Waals surface area contributed by atoms with Gasteiger partial charge in [0.15, 0.2) is 0 Å². The molecule has 0 unspecified atom stereocenters. The molecule has 1 aliphatic carbocycles. The molecule has 16 heavy (non-hydrogen) atoms. The molecule has 86 valence electrons. The van der Waals surface area contributed by atoms with Gasteiger partial charge in [0.25, 0.3) is 0 Å². The van der Waals surface area contributed by atoms with E-state index in [0.717, 1.165) is 18.4 Å². The van der Waals surface area contributed by atoms with Crippen LogP contribution in [-0.2, 0) is 11.2 Å². The van der Waals surface area contributed by atoms with Gasteiger partial charge >= 0.3 is 0 Å². The number of hydrogen-bond donors (Lipinski definition) is 2. The largest absolute Gasteiger partial charge is 0.396 e. The Morgan fingerprint density at radius 3 is 2.94 bits per heavy atom. The molecule has 1 aliphatic rings. The van der Waals surface area contributed by atoms with Crippen LogP contribution < -0.4 is 5.32 Å². The minimum Gasteiger partial charge on any atom is -0.396 e. The lowest BCUT2D eigenvalue weighted by Gasteiger charge is -2.12. The van der Waals surface area contributed by atoms with E-state index in [9.17, 15) is 4.79 Å². The van der Waals surface area contributed by atoms with Gasteiger partial charge in [-0.05, 0) is 24.5 Å². The van der Waals surface area contributed by atoms with Crippen LogP contribution in [0.25, 0.3) is 0 Å². The van der Waals surface area contributed by atoms with Gasteiger partial charge in [0.05, 0.1) is 13.0 Å². The van der Waals surface area contributed by atoms with Crippen LogP contribution in [0.1, 0.15) is 18.4 Å². The smallest absolute Gasteiger partial charge is 0.224 e. The van der Waals surface area contributed by atoms with Crippen molar-refractivity contribution in [2.75, 3.05) is 13.2 Å². The fourth-order valence-corrected chi connectivity index (χ4v) is 1.60. The van der Waals surface area contributed by atoms with Gasteiger partial charge in [0.1, 0.15) is 0 Å². The van der Waals surface area contributed by atoms with E-state index in [1.165, 1.54) is 0 Å². The fourth-order valence-electron chi connectivity index (χ4n) is 1.60. The summed E-state index contributed by atoms with van der Waals surface area (Å²) in [5, 5.41) is 12.0. The van der Waals surface area contributed by atoms with Crippen LogP contribution in [0.15, 0.2) is 24.5 Å². The Balaban J connectivity index is 1.77. The highest BCUT2D eigenvalue weighted by molar-refractivity contribution is 5.78. The van der Waals surface area contributed by atoms with Gasteiger partial charge in [-0.1, -0.05) is 6.07 Å². The van der Waals surface area contributed by atoms with Crippen molar-refractivity contribution in [1.29, 1.82) is 0 Å². The number of carbonyl (C=O) groups excluding carboxylic acids is 1. The Hall–Kier alpha value is -1.42. The molecule has 4 nitrogen and oxygen atoms in total. The summed E-state index contributed by atoms with van der Waals surface area (Å²) in [7, 11) is 0. The number of aromatic nitrogens is 1. The molecular formula is C12H16N2O2. The number of amides is 1. The molecule has 1 aromatic rings. The zero-order chi connectivity index (χ0) is 11.4. The maximum absolute atomic E-state index is 11.6. The van der Waals surface area contributed by atoms with E-state index in [1.807, 2.05) is 12.1 Å². The van der Waals surface area contributed by atoms with Crippen LogP contribution in [-0.4, -0.2) is 29.1 Å². The topological polar surface area (TPSA) is 62.2 Å². The molecule has 0 bridgehead atoms. The highest BCUT2D eigenvalue weighted by atomic mass is 16.3. The van der Waals surface area contributed by atoms with Crippen molar-refractivity contribution in [3.8, 4) is 0 Å². The maximum Gasteiger partial charge on any atom is 0.224 e. The molecule has 0 spiro atoms. The van der Waals surface area contributed by atoms with E-state index in [-0.39, 0.29) is 17.9 Å². The van der Waals surface area contributed by atoms with Crippen LogP contribution in [0.5, 0.6) is 0 Å². The minimum atomic E-state index is -0.0232. The van der Waals surface area contributed by atoms with E-state index in [4.69, 9.17) is 5.11 Å². The lowest BCUT2D eigenvalue weighted by atomic mass is 10.1. The van der Waals surface area contributed by atoms with E-state index in [1.54, 1.807) is 12.4 Å². The summed E-state index contributed by atoms with van der Waals surface area (Å²) in [6, 6.07) is 3.70. The third-order valence-electron chi connectivity index (χ3n) is 3.04. The summed E-state index contributed by atoms with van der Waals surface area (Å²) in [6.45, 7) is 0.753. The lowest BCUT2D eigenvalue weighted by molar-refractivity contribution is -0.120. The van der Waals surface area contributed by atoms with Gasteiger partial charge in [-0.3, -0.25) is 9.78 Å². The molecule has 0 saturated heterocycles. The number of aliphatic hydroxyl groups is 1. The summed E-state index contributed by atoms with van der Waals surface area (Å²) in [4.78, 5) is 15.5. The number of aliphatic hydroxyl groups excluding tert-OH is 1. The maximum atomic E-state index is 11.6. The number of pyridine rings is 1. The first-order valence-electron chi connectivity index (χ1n) is 5.51. The summed E-state index contributed by atoms with van der Waals surface area (Å²) < 4.78 is 0. The summed E-state index contributed by atoms with van der Waals surface area (Å²) >= 11 is 0. The monoisotopic (exact) mass is 220 g/mol. The Morgan fingerprint density at radius 2 is 2.38 bits per heavy atom. The second-order valence-corrected chi connectivity index (χ2v) is 4.47. The third kappa shape index (κ3) is 2.79. The number of carbonyl (C=O) groups is 1. The molecule has 0 aliphatic heterocycles. The van der Waals surface area contributed by atoms with E-state index in [0.29, 0.717) is 13.0 Å². The van der Waals surface area contributed by atoms with Gasteiger partial charge in [-0.25, -0.2) is 0 Å². The summed E-state index contributed by atoms with van der Waals surface area (Å²) in [5.74, 6) is -0.00674. The molecule has 0 aromatic carbocycles. The first kappa shape index (κ1) is 11.1. The molecular weight excluding hydrogens is 204 g/mol. The van der Waals surface area contributed by atoms with Crippen molar-refractivity contribution >= 4 is 5.91 Å². The minimum absolute atomic E-state index is 0.00674. The Bertz CT molecular complexity index is 361. The van der Waals surface area contributed by atoms with E-state index >= 15 is 0 Å². The highest BCUT2D eigenvalue weighted by Gasteiger charge is 2.41. The first-order valence-corrected chi connectivity index (χ1v) is 5.51.